The van der Waals surface area contributed by atoms with Crippen LogP contribution in [0.25, 0.3) is 0 Å². The van der Waals surface area contributed by atoms with E-state index in [0.717, 1.165) is 0 Å². The predicted octanol–water partition coefficient (Wildman–Crippen LogP) is 1.48. The number of nitrogens with one attached hydrogen (secondary N) is 1. The summed E-state index contributed by atoms with van der Waals surface area (Å²) in [6.45, 7) is 0. The molecule has 0 bridgehead atoms. The van der Waals surface area contributed by atoms with Gasteiger partial charge in [-0.25, -0.2) is 4.39 Å². The highest BCUT2D eigenvalue weighted by molar-refractivity contribution is 7.98. The lowest BCUT2D eigenvalue weighted by molar-refractivity contribution is 0.128. The monoisotopic (exact) mass is 202 g/mol. The van der Waals surface area contributed by atoms with E-state index in [-0.39, 0.29) is 5.82 Å². The van der Waals surface area contributed by atoms with Crippen molar-refractivity contribution in [2.75, 3.05) is 6.26 Å². The second-order valence-electron chi connectivity index (χ2n) is 2.50. The minimum Gasteiger partial charge on any atom is -0.315 e. The lowest BCUT2D eigenvalue weighted by Gasteiger charge is -2.10. The van der Waals surface area contributed by atoms with Gasteiger partial charge in [0, 0.05) is 4.90 Å². The number of nitrogens with two attached hydrogens (primary N) is 1. The quantitative estimate of drug-likeness (QED) is 0.395. The van der Waals surface area contributed by atoms with E-state index in [9.17, 15) is 4.39 Å². The zero-order valence-electron chi connectivity index (χ0n) is 7.12. The maximum absolute atomic E-state index is 13.2. The Morgan fingerprint density at radius 2 is 2.31 bits per heavy atom. The van der Waals surface area contributed by atoms with E-state index in [1.165, 1.54) is 17.8 Å². The molecule has 0 aliphatic carbocycles. The smallest absolute Gasteiger partial charge is 0.137 e. The Hall–Kier alpha value is -0.620. The Balaban J connectivity index is 2.95. The molecule has 4 N–H and O–H groups in total. The van der Waals surface area contributed by atoms with Crippen molar-refractivity contribution in [1.29, 1.82) is 0 Å². The van der Waals surface area contributed by atoms with Crippen LogP contribution >= 0.6 is 11.8 Å². The van der Waals surface area contributed by atoms with Crippen LogP contribution < -0.4 is 11.2 Å². The van der Waals surface area contributed by atoms with Crippen LogP contribution in [-0.2, 0) is 0 Å². The minimum absolute atomic E-state index is 0.323. The highest BCUT2D eigenvalue weighted by atomic mass is 32.2. The van der Waals surface area contributed by atoms with Crippen LogP contribution in [0.1, 0.15) is 11.7 Å². The third-order valence-electron chi connectivity index (χ3n) is 1.67. The number of rotatable bonds is 3. The fraction of sp³-hybridized carbons (Fsp3) is 0.250. The van der Waals surface area contributed by atoms with E-state index in [4.69, 9.17) is 10.9 Å². The first-order chi connectivity index (χ1) is 6.19. The van der Waals surface area contributed by atoms with Gasteiger partial charge in [0.1, 0.15) is 12.0 Å². The van der Waals surface area contributed by atoms with Crippen molar-refractivity contribution >= 4 is 11.8 Å². The summed E-state index contributed by atoms with van der Waals surface area (Å²) in [5, 5.41) is 8.50. The van der Waals surface area contributed by atoms with Crippen molar-refractivity contribution in [3.8, 4) is 0 Å². The first-order valence-electron chi connectivity index (χ1n) is 3.67. The molecule has 0 radical (unpaired) electrons. The molecule has 0 amide bonds. The standard InChI is InChI=1S/C8H11FN2OS/c1-13-7-3-2-5(4-6(7)9)8(10)11-12/h2-4,8,11-12H,10H2,1H3. The van der Waals surface area contributed by atoms with Crippen LogP contribution in [0.15, 0.2) is 23.1 Å². The van der Waals surface area contributed by atoms with Gasteiger partial charge in [0.05, 0.1) is 0 Å². The molecule has 3 nitrogen and oxygen atoms in total. The Morgan fingerprint density at radius 1 is 1.62 bits per heavy atom. The molecule has 0 saturated heterocycles. The maximum Gasteiger partial charge on any atom is 0.137 e. The first-order valence-corrected chi connectivity index (χ1v) is 4.90. The lowest BCUT2D eigenvalue weighted by Crippen LogP contribution is -2.25. The number of hydroxylamine groups is 1. The van der Waals surface area contributed by atoms with Crippen LogP contribution in [0, 0.1) is 5.82 Å². The molecule has 1 aromatic carbocycles. The van der Waals surface area contributed by atoms with Gasteiger partial charge < -0.3 is 10.9 Å². The summed E-state index contributed by atoms with van der Waals surface area (Å²) in [5.41, 5.74) is 7.78. The van der Waals surface area contributed by atoms with Gasteiger partial charge in [-0.2, -0.15) is 5.48 Å². The van der Waals surface area contributed by atoms with E-state index < -0.39 is 6.17 Å². The number of benzene rings is 1. The molecular weight excluding hydrogens is 191 g/mol. The summed E-state index contributed by atoms with van der Waals surface area (Å²) >= 11 is 1.32. The maximum atomic E-state index is 13.2. The minimum atomic E-state index is -0.745. The molecule has 72 valence electrons. The highest BCUT2D eigenvalue weighted by Gasteiger charge is 2.07. The second kappa shape index (κ2) is 4.57. The van der Waals surface area contributed by atoms with Crippen LogP contribution in [0.3, 0.4) is 0 Å². The molecule has 0 fully saturated rings. The molecular formula is C8H11FN2OS. The molecule has 0 heterocycles. The van der Waals surface area contributed by atoms with Gasteiger partial charge in [0.25, 0.3) is 0 Å². The Morgan fingerprint density at radius 3 is 2.77 bits per heavy atom. The largest absolute Gasteiger partial charge is 0.315 e. The zero-order chi connectivity index (χ0) is 9.84. The average Bonchev–Trinajstić information content (AvgIpc) is 2.16. The molecule has 1 aromatic rings. The average molecular weight is 202 g/mol. The molecule has 1 unspecified atom stereocenters. The van der Waals surface area contributed by atoms with Crippen LogP contribution in [-0.4, -0.2) is 11.5 Å². The van der Waals surface area contributed by atoms with Crippen molar-refractivity contribution in [3.05, 3.63) is 29.6 Å². The summed E-state index contributed by atoms with van der Waals surface area (Å²) in [4.78, 5) is 0.564. The van der Waals surface area contributed by atoms with Gasteiger partial charge in [-0.05, 0) is 24.0 Å². The topological polar surface area (TPSA) is 58.3 Å². The van der Waals surface area contributed by atoms with Gasteiger partial charge in [0.2, 0.25) is 0 Å². The van der Waals surface area contributed by atoms with E-state index in [1.807, 2.05) is 5.48 Å². The fourth-order valence-corrected chi connectivity index (χ4v) is 1.41. The van der Waals surface area contributed by atoms with Crippen molar-refractivity contribution in [2.24, 2.45) is 5.73 Å². The zero-order valence-corrected chi connectivity index (χ0v) is 7.94. The van der Waals surface area contributed by atoms with Crippen LogP contribution in [0.4, 0.5) is 4.39 Å². The van der Waals surface area contributed by atoms with Gasteiger partial charge >= 0.3 is 0 Å². The number of thioether (sulfide) groups is 1. The van der Waals surface area contributed by atoms with Crippen LogP contribution in [0.2, 0.25) is 0 Å². The normalized spacial score (nSPS) is 12.9. The third kappa shape index (κ3) is 2.41. The molecule has 0 spiro atoms. The lowest BCUT2D eigenvalue weighted by atomic mass is 10.2. The van der Waals surface area contributed by atoms with Gasteiger partial charge in [-0.15, -0.1) is 11.8 Å². The summed E-state index contributed by atoms with van der Waals surface area (Å²) in [6, 6.07) is 4.61. The van der Waals surface area contributed by atoms with Gasteiger partial charge in [0.15, 0.2) is 0 Å². The first kappa shape index (κ1) is 10.5. The molecule has 5 heteroatoms. The number of hydrogen-bond donors (Lipinski definition) is 3. The summed E-state index contributed by atoms with van der Waals surface area (Å²) in [5.74, 6) is -0.323. The van der Waals surface area contributed by atoms with Crippen LogP contribution in [0.5, 0.6) is 0 Å². The number of halogens is 1. The number of hydrogen-bond acceptors (Lipinski definition) is 4. The molecule has 0 aliphatic rings. The fourth-order valence-electron chi connectivity index (χ4n) is 0.951. The molecule has 0 aromatic heterocycles. The van der Waals surface area contributed by atoms with E-state index >= 15 is 0 Å². The van der Waals surface area contributed by atoms with Crippen molar-refractivity contribution in [2.45, 2.75) is 11.1 Å². The third-order valence-corrected chi connectivity index (χ3v) is 2.44. The Labute approximate surface area is 80.1 Å². The van der Waals surface area contributed by atoms with E-state index in [2.05, 4.69) is 0 Å². The van der Waals surface area contributed by atoms with Crippen molar-refractivity contribution < 1.29 is 9.60 Å². The SMILES string of the molecule is CSc1ccc(C(N)NO)cc1F. The summed E-state index contributed by atoms with van der Waals surface area (Å²) < 4.78 is 13.2. The molecule has 13 heavy (non-hydrogen) atoms. The van der Waals surface area contributed by atoms with Gasteiger partial charge in [-0.1, -0.05) is 6.07 Å². The van der Waals surface area contributed by atoms with Crippen molar-refractivity contribution in [1.82, 2.24) is 5.48 Å². The molecule has 1 atom stereocenters. The Bertz CT molecular complexity index is 295. The second-order valence-corrected chi connectivity index (χ2v) is 3.35. The predicted molar refractivity (Wildman–Crippen MR) is 50.0 cm³/mol. The Kier molecular flexibility index (Phi) is 3.68. The highest BCUT2D eigenvalue weighted by Crippen LogP contribution is 2.21. The van der Waals surface area contributed by atoms with E-state index in [1.54, 1.807) is 18.4 Å². The van der Waals surface area contributed by atoms with Crippen molar-refractivity contribution in [3.63, 3.8) is 0 Å². The summed E-state index contributed by atoms with van der Waals surface area (Å²) in [6.07, 6.45) is 1.05. The molecule has 0 saturated carbocycles. The molecule has 1 rings (SSSR count). The van der Waals surface area contributed by atoms with Gasteiger partial charge in [-0.3, -0.25) is 0 Å². The summed E-state index contributed by atoms with van der Waals surface area (Å²) in [7, 11) is 0. The van der Waals surface area contributed by atoms with E-state index in [0.29, 0.717) is 10.5 Å². The molecule has 0 aliphatic heterocycles.